The average molecular weight is 430 g/mol. The number of aromatic nitrogens is 1. The van der Waals surface area contributed by atoms with Gasteiger partial charge in [-0.25, -0.2) is 4.90 Å². The van der Waals surface area contributed by atoms with Gasteiger partial charge in [-0.05, 0) is 69.0 Å². The van der Waals surface area contributed by atoms with Gasteiger partial charge in [0.1, 0.15) is 0 Å². The highest BCUT2D eigenvalue weighted by atomic mass is 16.2. The highest BCUT2D eigenvalue weighted by Crippen LogP contribution is 2.37. The van der Waals surface area contributed by atoms with E-state index in [1.165, 1.54) is 4.90 Å². The van der Waals surface area contributed by atoms with Gasteiger partial charge in [-0.3, -0.25) is 19.4 Å². The van der Waals surface area contributed by atoms with E-state index in [1.54, 1.807) is 19.1 Å². The number of Topliss-reactive ketones (excluding diaryl/α,β-unsaturated/α-hetero) is 1. The summed E-state index contributed by atoms with van der Waals surface area (Å²) in [7, 11) is 0. The maximum absolute atomic E-state index is 13.3. The number of nitrogens with one attached hydrogen (secondary N) is 1. The van der Waals surface area contributed by atoms with Crippen LogP contribution >= 0.6 is 0 Å². The summed E-state index contributed by atoms with van der Waals surface area (Å²) in [5.41, 5.74) is 7.30. The number of hydrogen-bond acceptors (Lipinski definition) is 4. The molecule has 1 atom stereocenters. The van der Waals surface area contributed by atoms with Crippen molar-refractivity contribution < 1.29 is 14.4 Å². The number of aliphatic imine (C=N–C) groups is 1. The molecular weight excluding hydrogens is 402 g/mol. The Kier molecular flexibility index (Phi) is 5.55. The number of nitrogens with zero attached hydrogens (tertiary/aromatic N) is 2. The van der Waals surface area contributed by atoms with E-state index < -0.39 is 5.92 Å². The molecule has 6 heteroatoms. The average Bonchev–Trinajstić information content (AvgIpc) is 3.33. The Bertz CT molecular complexity index is 1230. The molecule has 2 aliphatic heterocycles. The molecule has 6 nitrogen and oxygen atoms in total. The predicted molar refractivity (Wildman–Crippen MR) is 126 cm³/mol. The van der Waals surface area contributed by atoms with Crippen molar-refractivity contribution in [1.29, 1.82) is 0 Å². The minimum atomic E-state index is -0.540. The monoisotopic (exact) mass is 429 g/mol. The fraction of sp³-hybridized carbons (Fsp3) is 0.308. The lowest BCUT2D eigenvalue weighted by atomic mass is 9.96. The molecule has 2 aliphatic rings. The van der Waals surface area contributed by atoms with Crippen LogP contribution in [0.1, 0.15) is 62.5 Å². The molecule has 0 bridgehead atoms. The van der Waals surface area contributed by atoms with Crippen molar-refractivity contribution in [3.63, 3.8) is 0 Å². The van der Waals surface area contributed by atoms with Crippen LogP contribution in [0.25, 0.3) is 6.08 Å². The molecule has 0 saturated carbocycles. The number of carbonyl (C=O) groups is 3. The zero-order valence-electron chi connectivity index (χ0n) is 19.1. The van der Waals surface area contributed by atoms with Crippen LogP contribution in [0.2, 0.25) is 0 Å². The number of ketones is 1. The number of allylic oxidation sites excluding steroid dienone is 2. The van der Waals surface area contributed by atoms with E-state index in [-0.39, 0.29) is 24.0 Å². The number of benzene rings is 1. The fourth-order valence-electron chi connectivity index (χ4n) is 4.80. The number of carbonyl (C=O) groups excluding carboxylic acids is 3. The number of anilines is 1. The molecule has 1 fully saturated rings. The van der Waals surface area contributed by atoms with Crippen LogP contribution < -0.4 is 4.90 Å². The molecule has 32 heavy (non-hydrogen) atoms. The summed E-state index contributed by atoms with van der Waals surface area (Å²) in [6.07, 6.45) is 2.81. The molecule has 1 saturated heterocycles. The Hall–Kier alpha value is -3.54. The Morgan fingerprint density at radius 1 is 1.19 bits per heavy atom. The van der Waals surface area contributed by atoms with E-state index in [4.69, 9.17) is 0 Å². The lowest BCUT2D eigenvalue weighted by Crippen LogP contribution is -2.30. The Morgan fingerprint density at radius 2 is 1.88 bits per heavy atom. The fourth-order valence-corrected chi connectivity index (χ4v) is 4.80. The van der Waals surface area contributed by atoms with Crippen molar-refractivity contribution in [2.45, 2.75) is 53.4 Å². The zero-order valence-corrected chi connectivity index (χ0v) is 19.1. The van der Waals surface area contributed by atoms with Gasteiger partial charge in [0.15, 0.2) is 5.78 Å². The summed E-state index contributed by atoms with van der Waals surface area (Å²) in [6.45, 7) is 9.35. The quantitative estimate of drug-likeness (QED) is 0.702. The molecule has 3 heterocycles. The number of amides is 2. The van der Waals surface area contributed by atoms with Crippen LogP contribution in [0, 0.1) is 6.92 Å². The van der Waals surface area contributed by atoms with Gasteiger partial charge in [-0.2, -0.15) is 0 Å². The second-order valence-corrected chi connectivity index (χ2v) is 8.35. The lowest BCUT2D eigenvalue weighted by molar-refractivity contribution is -0.121. The summed E-state index contributed by atoms with van der Waals surface area (Å²) in [5, 5.41) is 0. The Labute approximate surface area is 187 Å². The van der Waals surface area contributed by atoms with Crippen LogP contribution in [0.15, 0.2) is 52.2 Å². The van der Waals surface area contributed by atoms with Gasteiger partial charge in [0, 0.05) is 29.1 Å². The molecule has 0 radical (unpaired) electrons. The molecular formula is C26H27N3O3. The molecule has 2 aromatic rings. The van der Waals surface area contributed by atoms with Gasteiger partial charge in [0.05, 0.1) is 17.3 Å². The number of para-hydroxylation sites is 1. The smallest absolute Gasteiger partial charge is 0.243 e. The third kappa shape index (κ3) is 3.45. The van der Waals surface area contributed by atoms with Crippen LogP contribution in [0.4, 0.5) is 5.69 Å². The van der Waals surface area contributed by atoms with E-state index in [2.05, 4.69) is 9.98 Å². The summed E-state index contributed by atoms with van der Waals surface area (Å²) in [4.78, 5) is 47.3. The van der Waals surface area contributed by atoms with Crippen molar-refractivity contribution in [2.24, 2.45) is 4.99 Å². The van der Waals surface area contributed by atoms with Crippen LogP contribution in [0.3, 0.4) is 0 Å². The molecule has 164 valence electrons. The van der Waals surface area contributed by atoms with Gasteiger partial charge < -0.3 is 4.98 Å². The zero-order chi connectivity index (χ0) is 23.2. The third-order valence-corrected chi connectivity index (χ3v) is 6.36. The summed E-state index contributed by atoms with van der Waals surface area (Å²) in [6, 6.07) is 9.04. The van der Waals surface area contributed by atoms with E-state index in [0.717, 1.165) is 45.9 Å². The van der Waals surface area contributed by atoms with Crippen molar-refractivity contribution in [3.05, 3.63) is 69.7 Å². The van der Waals surface area contributed by atoms with Crippen LogP contribution in [-0.4, -0.2) is 28.3 Å². The number of hydrogen-bond donors (Lipinski definition) is 1. The first kappa shape index (κ1) is 21.7. The highest BCUT2D eigenvalue weighted by molar-refractivity contribution is 6.24. The molecule has 2 amide bonds. The number of imide groups is 1. The molecule has 1 unspecified atom stereocenters. The molecule has 1 aromatic carbocycles. The molecule has 0 aliphatic carbocycles. The normalized spacial score (nSPS) is 20.0. The predicted octanol–water partition coefficient (Wildman–Crippen LogP) is 4.65. The van der Waals surface area contributed by atoms with Gasteiger partial charge in [0.25, 0.3) is 0 Å². The summed E-state index contributed by atoms with van der Waals surface area (Å²) < 4.78 is 0. The van der Waals surface area contributed by atoms with E-state index in [1.807, 2.05) is 52.0 Å². The Balaban J connectivity index is 1.74. The SMILES string of the molecule is CCc1c(C2CC(=O)N(c3ccccc3)C2=O)[nH]c(/C=C2\N=C(C)C(C(C)=O)=C2C)c1C. The van der Waals surface area contributed by atoms with Crippen molar-refractivity contribution >= 4 is 35.1 Å². The van der Waals surface area contributed by atoms with Gasteiger partial charge >= 0.3 is 0 Å². The second-order valence-electron chi connectivity index (χ2n) is 8.35. The standard InChI is InChI=1S/C26H27N3O3/c1-6-19-14(2)21(13-22-15(3)24(17(5)30)16(4)27-22)28-25(19)20-12-23(31)29(26(20)32)18-10-8-7-9-11-18/h7-11,13,20,28H,6,12H2,1-5H3/b22-13-. The maximum Gasteiger partial charge on any atom is 0.243 e. The van der Waals surface area contributed by atoms with Gasteiger partial charge in [-0.15, -0.1) is 0 Å². The third-order valence-electron chi connectivity index (χ3n) is 6.36. The molecule has 1 N–H and O–H groups in total. The van der Waals surface area contributed by atoms with E-state index >= 15 is 0 Å². The number of rotatable bonds is 5. The minimum absolute atomic E-state index is 0.00126. The molecule has 1 aromatic heterocycles. The molecule has 4 rings (SSSR count). The lowest BCUT2D eigenvalue weighted by Gasteiger charge is -2.15. The van der Waals surface area contributed by atoms with Crippen molar-refractivity contribution in [3.8, 4) is 0 Å². The maximum atomic E-state index is 13.3. The first-order chi connectivity index (χ1) is 15.2. The first-order valence-electron chi connectivity index (χ1n) is 10.9. The largest absolute Gasteiger partial charge is 0.358 e. The first-order valence-corrected chi connectivity index (χ1v) is 10.9. The van der Waals surface area contributed by atoms with Gasteiger partial charge in [-0.1, -0.05) is 25.1 Å². The van der Waals surface area contributed by atoms with Crippen molar-refractivity contribution in [1.82, 2.24) is 4.98 Å². The van der Waals surface area contributed by atoms with E-state index in [9.17, 15) is 14.4 Å². The highest BCUT2D eigenvalue weighted by Gasteiger charge is 2.42. The summed E-state index contributed by atoms with van der Waals surface area (Å²) >= 11 is 0. The minimum Gasteiger partial charge on any atom is -0.358 e. The molecule has 0 spiro atoms. The van der Waals surface area contributed by atoms with E-state index in [0.29, 0.717) is 11.3 Å². The van der Waals surface area contributed by atoms with Crippen molar-refractivity contribution in [2.75, 3.05) is 4.90 Å². The van der Waals surface area contributed by atoms with Gasteiger partial charge in [0.2, 0.25) is 11.8 Å². The number of aromatic amines is 1. The van der Waals surface area contributed by atoms with Crippen LogP contribution in [0.5, 0.6) is 0 Å². The summed E-state index contributed by atoms with van der Waals surface area (Å²) in [5.74, 6) is -0.939. The van der Waals surface area contributed by atoms with Crippen LogP contribution in [-0.2, 0) is 20.8 Å². The topological polar surface area (TPSA) is 82.6 Å². The number of H-pyrrole nitrogens is 1. The second kappa shape index (κ2) is 8.19. The Morgan fingerprint density at radius 3 is 2.47 bits per heavy atom.